The summed E-state index contributed by atoms with van der Waals surface area (Å²) >= 11 is 0. The lowest BCUT2D eigenvalue weighted by atomic mass is 10.3. The van der Waals surface area contributed by atoms with Crippen LogP contribution >= 0.6 is 0 Å². The molecule has 18 heavy (non-hydrogen) atoms. The van der Waals surface area contributed by atoms with E-state index in [2.05, 4.69) is 29.2 Å². The number of rotatable bonds is 5. The molecular formula is C13H18N4O. The van der Waals surface area contributed by atoms with Crippen LogP contribution in [0.3, 0.4) is 0 Å². The Morgan fingerprint density at radius 1 is 1.44 bits per heavy atom. The van der Waals surface area contributed by atoms with Crippen LogP contribution < -0.4 is 10.1 Å². The first-order valence-corrected chi connectivity index (χ1v) is 6.00. The van der Waals surface area contributed by atoms with Crippen LogP contribution in [0.2, 0.25) is 0 Å². The molecular weight excluding hydrogens is 228 g/mol. The first-order valence-electron chi connectivity index (χ1n) is 6.00. The Balaban J connectivity index is 2.10. The van der Waals surface area contributed by atoms with Crippen molar-refractivity contribution in [1.82, 2.24) is 20.1 Å². The monoisotopic (exact) mass is 246 g/mol. The van der Waals surface area contributed by atoms with E-state index >= 15 is 0 Å². The van der Waals surface area contributed by atoms with Crippen molar-refractivity contribution >= 4 is 0 Å². The summed E-state index contributed by atoms with van der Waals surface area (Å²) in [4.78, 5) is 4.18. The Labute approximate surface area is 107 Å². The number of hydrogen-bond donors (Lipinski definition) is 1. The van der Waals surface area contributed by atoms with E-state index in [0.717, 1.165) is 12.1 Å². The van der Waals surface area contributed by atoms with Gasteiger partial charge < -0.3 is 10.1 Å². The minimum Gasteiger partial charge on any atom is -0.436 e. The van der Waals surface area contributed by atoms with Crippen molar-refractivity contribution < 1.29 is 4.74 Å². The average molecular weight is 246 g/mol. The van der Waals surface area contributed by atoms with Crippen molar-refractivity contribution in [2.75, 3.05) is 7.05 Å². The minimum absolute atomic E-state index is 0.325. The summed E-state index contributed by atoms with van der Waals surface area (Å²) in [5.74, 6) is 1.30. The van der Waals surface area contributed by atoms with Gasteiger partial charge in [0.1, 0.15) is 0 Å². The molecule has 0 spiro atoms. The average Bonchev–Trinajstić information content (AvgIpc) is 2.78. The van der Waals surface area contributed by atoms with Crippen molar-refractivity contribution in [2.45, 2.75) is 26.4 Å². The molecule has 0 amide bonds. The Hall–Kier alpha value is -1.88. The number of hydrogen-bond acceptors (Lipinski definition) is 4. The molecule has 5 heteroatoms. The van der Waals surface area contributed by atoms with Gasteiger partial charge in [-0.15, -0.1) is 0 Å². The first kappa shape index (κ1) is 12.6. The number of nitrogens with one attached hydrogen (secondary N) is 1. The van der Waals surface area contributed by atoms with Crippen molar-refractivity contribution in [2.24, 2.45) is 0 Å². The summed E-state index contributed by atoms with van der Waals surface area (Å²) in [7, 11) is 1.91. The van der Waals surface area contributed by atoms with Gasteiger partial charge in [0.15, 0.2) is 5.75 Å². The number of pyridine rings is 1. The van der Waals surface area contributed by atoms with Crippen LogP contribution in [0.5, 0.6) is 11.6 Å². The van der Waals surface area contributed by atoms with Gasteiger partial charge in [0.2, 0.25) is 5.88 Å². The molecule has 1 N–H and O–H groups in total. The summed E-state index contributed by atoms with van der Waals surface area (Å²) in [6, 6.07) is 4.20. The van der Waals surface area contributed by atoms with Crippen LogP contribution in [-0.4, -0.2) is 21.8 Å². The molecule has 2 aromatic heterocycles. The van der Waals surface area contributed by atoms with Crippen LogP contribution in [-0.2, 0) is 6.54 Å². The van der Waals surface area contributed by atoms with Gasteiger partial charge in [0.25, 0.3) is 0 Å². The van der Waals surface area contributed by atoms with E-state index in [9.17, 15) is 0 Å². The molecule has 2 aromatic rings. The minimum atomic E-state index is 0.325. The smallest absolute Gasteiger partial charge is 0.219 e. The molecule has 0 fully saturated rings. The maximum atomic E-state index is 5.67. The van der Waals surface area contributed by atoms with Gasteiger partial charge in [-0.05, 0) is 32.5 Å². The highest BCUT2D eigenvalue weighted by molar-refractivity contribution is 5.25. The van der Waals surface area contributed by atoms with E-state index in [4.69, 9.17) is 4.74 Å². The van der Waals surface area contributed by atoms with E-state index in [1.807, 2.05) is 30.1 Å². The normalized spacial score (nSPS) is 10.9. The molecule has 0 unspecified atom stereocenters. The Morgan fingerprint density at radius 2 is 2.28 bits per heavy atom. The first-order chi connectivity index (χ1) is 8.69. The van der Waals surface area contributed by atoms with Crippen LogP contribution in [0.1, 0.15) is 25.5 Å². The van der Waals surface area contributed by atoms with E-state index in [1.54, 1.807) is 12.4 Å². The van der Waals surface area contributed by atoms with Crippen molar-refractivity contribution in [3.63, 3.8) is 0 Å². The molecule has 0 radical (unpaired) electrons. The lowest BCUT2D eigenvalue weighted by Gasteiger charge is -2.05. The quantitative estimate of drug-likeness (QED) is 0.880. The molecule has 0 aromatic carbocycles. The molecule has 2 rings (SSSR count). The topological polar surface area (TPSA) is 52.0 Å². The van der Waals surface area contributed by atoms with Gasteiger partial charge in [0, 0.05) is 24.8 Å². The highest BCUT2D eigenvalue weighted by Crippen LogP contribution is 2.20. The Morgan fingerprint density at radius 3 is 2.94 bits per heavy atom. The van der Waals surface area contributed by atoms with Gasteiger partial charge in [-0.25, -0.2) is 4.98 Å². The zero-order valence-corrected chi connectivity index (χ0v) is 10.9. The molecule has 0 saturated heterocycles. The molecule has 2 heterocycles. The largest absolute Gasteiger partial charge is 0.436 e. The van der Waals surface area contributed by atoms with E-state index < -0.39 is 0 Å². The lowest BCUT2D eigenvalue weighted by molar-refractivity contribution is 0.458. The maximum absolute atomic E-state index is 5.67. The van der Waals surface area contributed by atoms with Gasteiger partial charge in [0.05, 0.1) is 12.4 Å². The fraction of sp³-hybridized carbons (Fsp3) is 0.385. The molecule has 0 saturated carbocycles. The molecule has 0 atom stereocenters. The molecule has 5 nitrogen and oxygen atoms in total. The van der Waals surface area contributed by atoms with Crippen molar-refractivity contribution in [3.05, 3.63) is 36.3 Å². The molecule has 0 aliphatic rings. The highest BCUT2D eigenvalue weighted by atomic mass is 16.5. The predicted octanol–water partition coefficient (Wildman–Crippen LogP) is 2.37. The van der Waals surface area contributed by atoms with Crippen LogP contribution in [0.25, 0.3) is 0 Å². The predicted molar refractivity (Wildman–Crippen MR) is 69.7 cm³/mol. The zero-order chi connectivity index (χ0) is 13.0. The summed E-state index contributed by atoms with van der Waals surface area (Å²) in [5, 5.41) is 7.32. The molecule has 96 valence electrons. The second kappa shape index (κ2) is 5.64. The van der Waals surface area contributed by atoms with Gasteiger partial charge in [-0.2, -0.15) is 5.10 Å². The van der Waals surface area contributed by atoms with E-state index in [-0.39, 0.29) is 0 Å². The Bertz CT molecular complexity index is 507. The third-order valence-electron chi connectivity index (χ3n) is 2.51. The van der Waals surface area contributed by atoms with E-state index in [0.29, 0.717) is 17.7 Å². The summed E-state index contributed by atoms with van der Waals surface area (Å²) in [5.41, 5.74) is 1.14. The number of ether oxygens (including phenoxy) is 1. The standard InChI is InChI=1S/C13H18N4O/c1-10(2)17-9-12(8-16-17)18-13-6-11(7-14-3)4-5-15-13/h4-6,8-10,14H,7H2,1-3H3. The number of nitrogens with zero attached hydrogens (tertiary/aromatic N) is 3. The van der Waals surface area contributed by atoms with Crippen LogP contribution in [0.15, 0.2) is 30.7 Å². The zero-order valence-electron chi connectivity index (χ0n) is 10.9. The SMILES string of the molecule is CNCc1ccnc(Oc2cnn(C(C)C)c2)c1. The van der Waals surface area contributed by atoms with Crippen LogP contribution in [0.4, 0.5) is 0 Å². The van der Waals surface area contributed by atoms with Crippen molar-refractivity contribution in [3.8, 4) is 11.6 Å². The van der Waals surface area contributed by atoms with Gasteiger partial charge in [-0.3, -0.25) is 4.68 Å². The Kier molecular flexibility index (Phi) is 3.94. The number of aromatic nitrogens is 3. The maximum Gasteiger partial charge on any atom is 0.219 e. The van der Waals surface area contributed by atoms with Crippen molar-refractivity contribution in [1.29, 1.82) is 0 Å². The fourth-order valence-electron chi connectivity index (χ4n) is 1.60. The third kappa shape index (κ3) is 3.07. The summed E-state index contributed by atoms with van der Waals surface area (Å²) in [6.45, 7) is 4.94. The molecule has 0 bridgehead atoms. The second-order valence-electron chi connectivity index (χ2n) is 4.38. The van der Waals surface area contributed by atoms with Gasteiger partial charge in [-0.1, -0.05) is 0 Å². The summed E-state index contributed by atoms with van der Waals surface area (Å²) in [6.07, 6.45) is 5.32. The van der Waals surface area contributed by atoms with Gasteiger partial charge >= 0.3 is 0 Å². The molecule has 0 aliphatic carbocycles. The third-order valence-corrected chi connectivity index (χ3v) is 2.51. The fourth-order valence-corrected chi connectivity index (χ4v) is 1.60. The highest BCUT2D eigenvalue weighted by Gasteiger charge is 2.05. The second-order valence-corrected chi connectivity index (χ2v) is 4.38. The lowest BCUT2D eigenvalue weighted by Crippen LogP contribution is -2.05. The van der Waals surface area contributed by atoms with Crippen LogP contribution in [0, 0.1) is 0 Å². The van der Waals surface area contributed by atoms with E-state index in [1.165, 1.54) is 0 Å². The summed E-state index contributed by atoms with van der Waals surface area (Å²) < 4.78 is 7.53. The molecule has 0 aliphatic heterocycles.